The van der Waals surface area contributed by atoms with Crippen LogP contribution in [0.5, 0.6) is 0 Å². The van der Waals surface area contributed by atoms with Crippen molar-refractivity contribution in [3.63, 3.8) is 0 Å². The highest BCUT2D eigenvalue weighted by Gasteiger charge is 2.90. The maximum Gasteiger partial charge on any atom is 0.460 e. The third kappa shape index (κ3) is 5.39. The van der Waals surface area contributed by atoms with Crippen LogP contribution in [0.25, 0.3) is 0 Å². The first kappa shape index (κ1) is 28.0. The quantitative estimate of drug-likeness (QED) is 0.299. The Kier molecular flexibility index (Phi) is 8.71. The summed E-state index contributed by atoms with van der Waals surface area (Å²) >= 11 is 0. The van der Waals surface area contributed by atoms with E-state index < -0.39 is 61.3 Å². The lowest BCUT2D eigenvalue weighted by molar-refractivity contribution is -0.440. The molecule has 0 radical (unpaired) electrons. The number of hydrogen-bond acceptors (Lipinski definition) is 2. The van der Waals surface area contributed by atoms with Crippen molar-refractivity contribution in [2.75, 3.05) is 6.61 Å². The Morgan fingerprint density at radius 2 is 0.966 bits per heavy atom. The van der Waals surface area contributed by atoms with E-state index in [0.717, 1.165) is 0 Å². The molecule has 0 aliphatic carbocycles. The molecule has 0 bridgehead atoms. The molecule has 0 rings (SSSR count). The van der Waals surface area contributed by atoms with Gasteiger partial charge in [-0.1, -0.05) is 19.3 Å². The van der Waals surface area contributed by atoms with E-state index in [1.165, 1.54) is 0 Å². The fourth-order valence-corrected chi connectivity index (χ4v) is 2.13. The normalized spacial score (nSPS) is 16.2. The Balaban J connectivity index is 5.30. The van der Waals surface area contributed by atoms with Gasteiger partial charge in [0, 0.05) is 6.42 Å². The smallest absolute Gasteiger partial charge is 0.394 e. The van der Waals surface area contributed by atoms with Crippen molar-refractivity contribution in [1.82, 2.24) is 0 Å². The van der Waals surface area contributed by atoms with Gasteiger partial charge in [0.2, 0.25) is 0 Å². The molecule has 2 nitrogen and oxygen atoms in total. The molecule has 1 unspecified atom stereocenters. The van der Waals surface area contributed by atoms with Crippen molar-refractivity contribution in [2.24, 2.45) is 0 Å². The highest BCUT2D eigenvalue weighted by atomic mass is 19.4. The Labute approximate surface area is 155 Å². The van der Waals surface area contributed by atoms with E-state index in [2.05, 4.69) is 0 Å². The predicted molar refractivity (Wildman–Crippen MR) is 71.6 cm³/mol. The average molecular weight is 464 g/mol. The maximum absolute atomic E-state index is 13.4. The molecule has 0 amide bonds. The minimum atomic E-state index is -7.87. The first-order valence-electron chi connectivity index (χ1n) is 7.95. The van der Waals surface area contributed by atoms with E-state index in [0.29, 0.717) is 0 Å². The van der Waals surface area contributed by atoms with Crippen LogP contribution in [-0.2, 0) is 0 Å². The van der Waals surface area contributed by atoms with Crippen LogP contribution in [0, 0.1) is 0 Å². The number of aliphatic hydroxyl groups is 2. The van der Waals surface area contributed by atoms with E-state index in [1.807, 2.05) is 0 Å². The maximum atomic E-state index is 13.4. The van der Waals surface area contributed by atoms with Gasteiger partial charge in [-0.05, 0) is 12.8 Å². The molecular weight excluding hydrogens is 447 g/mol. The third-order valence-electron chi connectivity index (χ3n) is 3.99. The van der Waals surface area contributed by atoms with E-state index in [1.54, 1.807) is 0 Å². The molecular formula is C14H17F13O2. The number of hydrogen-bond donors (Lipinski definition) is 2. The first-order valence-corrected chi connectivity index (χ1v) is 7.95. The van der Waals surface area contributed by atoms with Gasteiger partial charge in [-0.15, -0.1) is 0 Å². The molecule has 0 fully saturated rings. The molecule has 0 aliphatic rings. The Hall–Kier alpha value is -0.990. The van der Waals surface area contributed by atoms with Crippen LogP contribution in [0.3, 0.4) is 0 Å². The Bertz CT molecular complexity index is 516. The van der Waals surface area contributed by atoms with Gasteiger partial charge in [-0.25, -0.2) is 0 Å². The van der Waals surface area contributed by atoms with Crippen molar-refractivity contribution in [2.45, 2.75) is 80.4 Å². The van der Waals surface area contributed by atoms with Crippen molar-refractivity contribution in [1.29, 1.82) is 0 Å². The zero-order valence-electron chi connectivity index (χ0n) is 14.3. The zero-order chi connectivity index (χ0) is 23.5. The van der Waals surface area contributed by atoms with Crippen LogP contribution < -0.4 is 0 Å². The van der Waals surface area contributed by atoms with E-state index >= 15 is 0 Å². The van der Waals surface area contributed by atoms with Crippen LogP contribution in [0.1, 0.15) is 38.5 Å². The standard InChI is InChI=1S/C14H17F13O2/c15-9(16,6-4-2-1-3-5-8(29)7-28)10(17,18)11(19,20)12(21,22)13(23,24)14(25,26)27/h8,28-29H,1-7H2. The van der Waals surface area contributed by atoms with Gasteiger partial charge in [0.25, 0.3) is 0 Å². The second kappa shape index (κ2) is 9.02. The number of rotatable bonds is 12. The third-order valence-corrected chi connectivity index (χ3v) is 3.99. The van der Waals surface area contributed by atoms with Crippen LogP contribution in [0.2, 0.25) is 0 Å². The van der Waals surface area contributed by atoms with Crippen LogP contribution in [-0.4, -0.2) is 58.7 Å². The van der Waals surface area contributed by atoms with Gasteiger partial charge in [0.15, 0.2) is 0 Å². The van der Waals surface area contributed by atoms with Crippen molar-refractivity contribution in [3.8, 4) is 0 Å². The van der Waals surface area contributed by atoms with Crippen LogP contribution in [0.4, 0.5) is 57.1 Å². The number of halogens is 13. The number of unbranched alkanes of at least 4 members (excludes halogenated alkanes) is 3. The molecule has 0 aromatic carbocycles. The van der Waals surface area contributed by atoms with Gasteiger partial charge < -0.3 is 10.2 Å². The molecule has 1 atom stereocenters. The van der Waals surface area contributed by atoms with Gasteiger partial charge in [-0.3, -0.25) is 0 Å². The first-order chi connectivity index (χ1) is 12.7. The summed E-state index contributed by atoms with van der Waals surface area (Å²) in [5.41, 5.74) is 0. The van der Waals surface area contributed by atoms with Crippen LogP contribution in [0.15, 0.2) is 0 Å². The van der Waals surface area contributed by atoms with Gasteiger partial charge in [0.1, 0.15) is 0 Å². The fourth-order valence-electron chi connectivity index (χ4n) is 2.13. The van der Waals surface area contributed by atoms with Crippen LogP contribution >= 0.6 is 0 Å². The molecule has 0 saturated carbocycles. The molecule has 29 heavy (non-hydrogen) atoms. The monoisotopic (exact) mass is 464 g/mol. The molecule has 0 heterocycles. The lowest BCUT2D eigenvalue weighted by Gasteiger charge is -2.39. The lowest BCUT2D eigenvalue weighted by Crippen LogP contribution is -2.70. The Morgan fingerprint density at radius 3 is 1.38 bits per heavy atom. The Morgan fingerprint density at radius 1 is 0.552 bits per heavy atom. The molecule has 176 valence electrons. The molecule has 2 N–H and O–H groups in total. The van der Waals surface area contributed by atoms with Crippen molar-refractivity contribution < 1.29 is 67.3 Å². The summed E-state index contributed by atoms with van der Waals surface area (Å²) in [5, 5.41) is 17.5. The zero-order valence-corrected chi connectivity index (χ0v) is 14.3. The molecule has 0 aromatic rings. The summed E-state index contributed by atoms with van der Waals surface area (Å²) in [6, 6.07) is 0. The summed E-state index contributed by atoms with van der Waals surface area (Å²) in [5.74, 6) is -36.6. The highest BCUT2D eigenvalue weighted by Crippen LogP contribution is 2.60. The summed E-state index contributed by atoms with van der Waals surface area (Å²) in [6.45, 7) is -0.629. The minimum Gasteiger partial charge on any atom is -0.394 e. The molecule has 0 aliphatic heterocycles. The van der Waals surface area contributed by atoms with Gasteiger partial charge >= 0.3 is 35.8 Å². The molecule has 0 aromatic heterocycles. The number of alkyl halides is 13. The summed E-state index contributed by atoms with van der Waals surface area (Å²) in [6.07, 6.45) is -12.1. The largest absolute Gasteiger partial charge is 0.460 e. The summed E-state index contributed by atoms with van der Waals surface area (Å²) in [7, 11) is 0. The van der Waals surface area contributed by atoms with E-state index in [-0.39, 0.29) is 25.7 Å². The SMILES string of the molecule is OCC(O)CCCCCCC(F)(F)C(F)(F)C(F)(F)C(F)(F)C(F)(F)C(F)(F)F. The summed E-state index contributed by atoms with van der Waals surface area (Å²) in [4.78, 5) is 0. The number of aliphatic hydroxyl groups excluding tert-OH is 2. The minimum absolute atomic E-state index is 0.0279. The second-order valence-corrected chi connectivity index (χ2v) is 6.29. The fraction of sp³-hybridized carbons (Fsp3) is 1.00. The van der Waals surface area contributed by atoms with E-state index in [9.17, 15) is 57.1 Å². The van der Waals surface area contributed by atoms with E-state index in [4.69, 9.17) is 10.2 Å². The predicted octanol–water partition coefficient (Wildman–Crippen LogP) is 5.42. The van der Waals surface area contributed by atoms with Crippen molar-refractivity contribution >= 4 is 0 Å². The summed E-state index contributed by atoms with van der Waals surface area (Å²) < 4.78 is 167. The molecule has 0 spiro atoms. The lowest BCUT2D eigenvalue weighted by atomic mass is 9.91. The average Bonchev–Trinajstić information content (AvgIpc) is 2.55. The van der Waals surface area contributed by atoms with Crippen molar-refractivity contribution in [3.05, 3.63) is 0 Å². The highest BCUT2D eigenvalue weighted by molar-refractivity contribution is 5.10. The second-order valence-electron chi connectivity index (χ2n) is 6.29. The molecule has 15 heteroatoms. The topological polar surface area (TPSA) is 40.5 Å². The van der Waals surface area contributed by atoms with Gasteiger partial charge in [0.05, 0.1) is 12.7 Å². The molecule has 0 saturated heterocycles. The van der Waals surface area contributed by atoms with Gasteiger partial charge in [-0.2, -0.15) is 57.1 Å².